The first-order chi connectivity index (χ1) is 14.5. The van der Waals surface area contributed by atoms with Gasteiger partial charge < -0.3 is 4.57 Å². The van der Waals surface area contributed by atoms with Gasteiger partial charge in [0.1, 0.15) is 5.82 Å². The van der Waals surface area contributed by atoms with Crippen molar-refractivity contribution < 1.29 is 4.39 Å². The van der Waals surface area contributed by atoms with E-state index in [-0.39, 0.29) is 11.4 Å². The third-order valence-corrected chi connectivity index (χ3v) is 5.84. The average Bonchev–Trinajstić information content (AvgIpc) is 3.24. The Balaban J connectivity index is 1.90. The van der Waals surface area contributed by atoms with Crippen LogP contribution in [0, 0.1) is 12.7 Å². The highest BCUT2D eigenvalue weighted by Gasteiger charge is 2.16. The van der Waals surface area contributed by atoms with Gasteiger partial charge in [0.2, 0.25) is 0 Å². The molecule has 0 amide bonds. The van der Waals surface area contributed by atoms with Crippen molar-refractivity contribution in [1.82, 2.24) is 13.9 Å². The molecular formula is C23H21FN4OS. The van der Waals surface area contributed by atoms with Crippen molar-refractivity contribution in [2.24, 2.45) is 12.0 Å². The third-order valence-electron chi connectivity index (χ3n) is 4.98. The molecule has 7 heteroatoms. The number of aromatic nitrogens is 3. The average molecular weight is 421 g/mol. The van der Waals surface area contributed by atoms with Crippen LogP contribution < -0.4 is 10.4 Å². The largest absolute Gasteiger partial charge is 0.313 e. The van der Waals surface area contributed by atoms with Gasteiger partial charge in [-0.05, 0) is 48.9 Å². The molecule has 152 valence electrons. The Morgan fingerprint density at radius 1 is 1.13 bits per heavy atom. The van der Waals surface area contributed by atoms with E-state index >= 15 is 0 Å². The summed E-state index contributed by atoms with van der Waals surface area (Å²) in [5, 5.41) is 1.96. The van der Waals surface area contributed by atoms with Crippen molar-refractivity contribution in [3.63, 3.8) is 0 Å². The van der Waals surface area contributed by atoms with Crippen LogP contribution in [0.5, 0.6) is 0 Å². The zero-order valence-corrected chi connectivity index (χ0v) is 17.6. The van der Waals surface area contributed by atoms with Crippen molar-refractivity contribution >= 4 is 17.0 Å². The molecular weight excluding hydrogens is 399 g/mol. The molecule has 2 heterocycles. The minimum atomic E-state index is -0.282. The second-order valence-corrected chi connectivity index (χ2v) is 7.67. The number of rotatable bonds is 5. The van der Waals surface area contributed by atoms with E-state index in [1.807, 2.05) is 58.9 Å². The van der Waals surface area contributed by atoms with Crippen LogP contribution in [0.1, 0.15) is 5.69 Å². The van der Waals surface area contributed by atoms with Gasteiger partial charge in [-0.15, -0.1) is 17.9 Å². The minimum absolute atomic E-state index is 0.178. The number of benzene rings is 2. The van der Waals surface area contributed by atoms with Crippen LogP contribution in [0.25, 0.3) is 16.9 Å². The standard InChI is InChI=1S/C23H21FN4OS/c1-4-14-27-20(17-10-12-18(24)13-11-17)15-30-23(27)25-21-16(2)26(3)28(22(21)29)19-8-6-5-7-9-19/h4-13,15H,1,14H2,2-3H3. The summed E-state index contributed by atoms with van der Waals surface area (Å²) >= 11 is 1.44. The lowest BCUT2D eigenvalue weighted by molar-refractivity contribution is 0.628. The van der Waals surface area contributed by atoms with Crippen molar-refractivity contribution in [3.8, 4) is 16.9 Å². The number of allylic oxidation sites excluding steroid dienone is 1. The smallest absolute Gasteiger partial charge is 0.297 e. The molecule has 0 aliphatic carbocycles. The Labute approximate surface area is 177 Å². The molecule has 0 saturated carbocycles. The molecule has 0 atom stereocenters. The van der Waals surface area contributed by atoms with Crippen LogP contribution in [-0.2, 0) is 13.6 Å². The molecule has 5 nitrogen and oxygen atoms in total. The summed E-state index contributed by atoms with van der Waals surface area (Å²) in [4.78, 5) is 18.6. The molecule has 0 radical (unpaired) electrons. The van der Waals surface area contributed by atoms with Crippen LogP contribution in [-0.4, -0.2) is 13.9 Å². The second-order valence-electron chi connectivity index (χ2n) is 6.83. The van der Waals surface area contributed by atoms with Crippen molar-refractivity contribution in [2.75, 3.05) is 0 Å². The monoisotopic (exact) mass is 420 g/mol. The van der Waals surface area contributed by atoms with Gasteiger partial charge in [-0.2, -0.15) is 0 Å². The summed E-state index contributed by atoms with van der Waals surface area (Å²) in [7, 11) is 1.85. The van der Waals surface area contributed by atoms with Crippen LogP contribution in [0.4, 0.5) is 10.1 Å². The van der Waals surface area contributed by atoms with Gasteiger partial charge in [0.15, 0.2) is 10.5 Å². The van der Waals surface area contributed by atoms with Gasteiger partial charge in [0.25, 0.3) is 5.56 Å². The maximum Gasteiger partial charge on any atom is 0.297 e. The van der Waals surface area contributed by atoms with E-state index in [2.05, 4.69) is 6.58 Å². The van der Waals surface area contributed by atoms with Crippen molar-refractivity contribution in [3.05, 3.63) is 99.3 Å². The van der Waals surface area contributed by atoms with Gasteiger partial charge in [-0.1, -0.05) is 24.3 Å². The van der Waals surface area contributed by atoms with Crippen LogP contribution in [0.3, 0.4) is 0 Å². The SMILES string of the molecule is C=CCn1c(-c2ccc(F)cc2)csc1=Nc1c(C)n(C)n(-c2ccccc2)c1=O. The highest BCUT2D eigenvalue weighted by atomic mass is 32.1. The fourth-order valence-corrected chi connectivity index (χ4v) is 4.28. The molecule has 0 fully saturated rings. The number of para-hydroxylation sites is 1. The maximum absolute atomic E-state index is 13.3. The topological polar surface area (TPSA) is 44.2 Å². The lowest BCUT2D eigenvalue weighted by atomic mass is 10.2. The molecule has 0 bridgehead atoms. The summed E-state index contributed by atoms with van der Waals surface area (Å²) in [5.41, 5.74) is 3.55. The Morgan fingerprint density at radius 2 is 1.83 bits per heavy atom. The lowest BCUT2D eigenvalue weighted by Gasteiger charge is -2.07. The Kier molecular flexibility index (Phi) is 5.37. The molecule has 30 heavy (non-hydrogen) atoms. The van der Waals surface area contributed by atoms with Gasteiger partial charge >= 0.3 is 0 Å². The maximum atomic E-state index is 13.3. The number of nitrogens with zero attached hydrogens (tertiary/aromatic N) is 4. The summed E-state index contributed by atoms with van der Waals surface area (Å²) < 4.78 is 18.7. The first-order valence-corrected chi connectivity index (χ1v) is 10.3. The normalized spacial score (nSPS) is 11.8. The molecule has 0 aliphatic rings. The summed E-state index contributed by atoms with van der Waals surface area (Å²) in [6.45, 7) is 6.24. The number of thiazole rings is 1. The van der Waals surface area contributed by atoms with Gasteiger partial charge in [0, 0.05) is 19.0 Å². The first kappa shape index (κ1) is 19.8. The van der Waals surface area contributed by atoms with Gasteiger partial charge in [-0.25, -0.2) is 14.1 Å². The van der Waals surface area contributed by atoms with E-state index in [4.69, 9.17) is 4.99 Å². The highest BCUT2D eigenvalue weighted by molar-refractivity contribution is 7.07. The molecule has 0 unspecified atom stereocenters. The molecule has 0 spiro atoms. The fourth-order valence-electron chi connectivity index (χ4n) is 3.35. The number of hydrogen-bond acceptors (Lipinski definition) is 3. The minimum Gasteiger partial charge on any atom is -0.313 e. The fraction of sp³-hybridized carbons (Fsp3) is 0.130. The zero-order chi connectivity index (χ0) is 21.3. The van der Waals surface area contributed by atoms with Crippen LogP contribution in [0.2, 0.25) is 0 Å². The zero-order valence-electron chi connectivity index (χ0n) is 16.7. The summed E-state index contributed by atoms with van der Waals surface area (Å²) in [6.07, 6.45) is 1.78. The predicted molar refractivity (Wildman–Crippen MR) is 119 cm³/mol. The lowest BCUT2D eigenvalue weighted by Crippen LogP contribution is -2.20. The first-order valence-electron chi connectivity index (χ1n) is 9.45. The van der Waals surface area contributed by atoms with E-state index in [0.29, 0.717) is 17.0 Å². The van der Waals surface area contributed by atoms with Crippen LogP contribution in [0.15, 0.2) is 82.4 Å². The van der Waals surface area contributed by atoms with E-state index < -0.39 is 0 Å². The summed E-state index contributed by atoms with van der Waals surface area (Å²) in [6, 6.07) is 15.8. The predicted octanol–water partition coefficient (Wildman–Crippen LogP) is 4.57. The summed E-state index contributed by atoms with van der Waals surface area (Å²) in [5.74, 6) is -0.282. The van der Waals surface area contributed by atoms with E-state index in [1.165, 1.54) is 23.5 Å². The van der Waals surface area contributed by atoms with Gasteiger partial charge in [0.05, 0.1) is 17.1 Å². The van der Waals surface area contributed by atoms with Crippen molar-refractivity contribution in [2.45, 2.75) is 13.5 Å². The van der Waals surface area contributed by atoms with E-state index in [9.17, 15) is 9.18 Å². The third kappa shape index (κ3) is 3.48. The van der Waals surface area contributed by atoms with E-state index in [1.54, 1.807) is 22.9 Å². The number of hydrogen-bond donors (Lipinski definition) is 0. The molecule has 0 N–H and O–H groups in total. The van der Waals surface area contributed by atoms with Gasteiger partial charge in [-0.3, -0.25) is 9.48 Å². The molecule has 0 aliphatic heterocycles. The number of halogens is 1. The van der Waals surface area contributed by atoms with Crippen LogP contribution >= 0.6 is 11.3 Å². The quantitative estimate of drug-likeness (QED) is 0.436. The molecule has 0 saturated heterocycles. The molecule has 4 aromatic rings. The van der Waals surface area contributed by atoms with Crippen molar-refractivity contribution in [1.29, 1.82) is 0 Å². The molecule has 2 aromatic heterocycles. The second kappa shape index (κ2) is 8.12. The Morgan fingerprint density at radius 3 is 2.50 bits per heavy atom. The molecule has 2 aromatic carbocycles. The molecule has 4 rings (SSSR count). The Hall–Kier alpha value is -3.45. The van der Waals surface area contributed by atoms with E-state index in [0.717, 1.165) is 22.6 Å². The highest BCUT2D eigenvalue weighted by Crippen LogP contribution is 2.22. The Bertz CT molecular complexity index is 1320.